The number of benzene rings is 1. The minimum absolute atomic E-state index is 0.00713. The predicted molar refractivity (Wildman–Crippen MR) is 96.3 cm³/mol. The van der Waals surface area contributed by atoms with Gasteiger partial charge in [-0.25, -0.2) is 8.42 Å². The van der Waals surface area contributed by atoms with Gasteiger partial charge in [0.2, 0.25) is 11.6 Å². The number of amides is 1. The van der Waals surface area contributed by atoms with Gasteiger partial charge in [0.15, 0.2) is 9.84 Å². The summed E-state index contributed by atoms with van der Waals surface area (Å²) < 4.78 is 23.6. The molecule has 0 saturated carbocycles. The lowest BCUT2D eigenvalue weighted by Gasteiger charge is -2.36. The van der Waals surface area contributed by atoms with Gasteiger partial charge in [-0.05, 0) is 18.2 Å². The van der Waals surface area contributed by atoms with Gasteiger partial charge in [-0.1, -0.05) is 0 Å². The first kappa shape index (κ1) is 19.2. The van der Waals surface area contributed by atoms with Crippen molar-refractivity contribution < 1.29 is 13.2 Å². The van der Waals surface area contributed by atoms with E-state index in [-0.39, 0.29) is 16.5 Å². The monoisotopic (exact) mass is 374 g/mol. The van der Waals surface area contributed by atoms with E-state index in [1.54, 1.807) is 23.1 Å². The molecule has 0 aliphatic carbocycles. The number of carbonyl (C=O) groups is 1. The molecule has 0 radical (unpaired) electrons. The quantitative estimate of drug-likeness (QED) is 0.602. The summed E-state index contributed by atoms with van der Waals surface area (Å²) in [6, 6.07) is 7.82. The molecule has 0 spiro atoms. The number of rotatable bonds is 4. The second kappa shape index (κ2) is 7.85. The Labute approximate surface area is 152 Å². The highest BCUT2D eigenvalue weighted by Gasteiger charge is 2.22. The third-order valence-corrected chi connectivity index (χ3v) is 5.07. The second-order valence-corrected chi connectivity index (χ2v) is 7.76. The Hall–Kier alpha value is -3.11. The fraction of sp³-hybridized carbons (Fsp3) is 0.375. The molecule has 0 aromatic heterocycles. The molecule has 1 aliphatic heterocycles. The lowest BCUT2D eigenvalue weighted by Crippen LogP contribution is -2.48. The highest BCUT2D eigenvalue weighted by atomic mass is 32.2. The van der Waals surface area contributed by atoms with Gasteiger partial charge in [-0.2, -0.15) is 15.6 Å². The van der Waals surface area contributed by atoms with Crippen LogP contribution >= 0.6 is 0 Å². The summed E-state index contributed by atoms with van der Waals surface area (Å²) in [6.45, 7) is 3.75. The van der Waals surface area contributed by atoms with E-state index in [9.17, 15) is 13.2 Å². The first-order valence-electron chi connectivity index (χ1n) is 7.74. The van der Waals surface area contributed by atoms with Crippen molar-refractivity contribution in [2.24, 2.45) is 5.10 Å². The molecule has 1 N–H and O–H groups in total. The number of nitrogens with one attached hydrogen (secondary N) is 1. The van der Waals surface area contributed by atoms with Gasteiger partial charge in [0.1, 0.15) is 12.1 Å². The van der Waals surface area contributed by atoms with Crippen molar-refractivity contribution >= 4 is 32.8 Å². The fourth-order valence-electron chi connectivity index (χ4n) is 2.56. The molecule has 1 aromatic carbocycles. The Morgan fingerprint density at radius 1 is 1.19 bits per heavy atom. The van der Waals surface area contributed by atoms with Gasteiger partial charge in [0.05, 0.1) is 16.3 Å². The number of sulfone groups is 1. The van der Waals surface area contributed by atoms with Crippen LogP contribution < -0.4 is 10.3 Å². The largest absolute Gasteiger partial charge is 0.366 e. The van der Waals surface area contributed by atoms with Crippen LogP contribution in [0.3, 0.4) is 0 Å². The third kappa shape index (κ3) is 4.49. The van der Waals surface area contributed by atoms with E-state index in [2.05, 4.69) is 10.5 Å². The van der Waals surface area contributed by atoms with E-state index in [0.717, 1.165) is 6.26 Å². The van der Waals surface area contributed by atoms with Gasteiger partial charge in [-0.15, -0.1) is 0 Å². The number of hydrogen-bond acceptors (Lipinski definition) is 8. The average molecular weight is 374 g/mol. The normalized spacial score (nSPS) is 14.2. The van der Waals surface area contributed by atoms with Crippen molar-refractivity contribution in [3.05, 3.63) is 18.2 Å². The van der Waals surface area contributed by atoms with Gasteiger partial charge in [0.25, 0.3) is 0 Å². The maximum absolute atomic E-state index is 11.8. The zero-order chi connectivity index (χ0) is 19.3. The Morgan fingerprint density at radius 2 is 1.81 bits per heavy atom. The maximum Gasteiger partial charge on any atom is 0.237 e. The van der Waals surface area contributed by atoms with Crippen molar-refractivity contribution in [3.63, 3.8) is 0 Å². The maximum atomic E-state index is 11.8. The number of nitriles is 2. The molecule has 136 valence electrons. The standard InChI is InChI=1S/C16H18N6O3S/c1-12(23)21-5-7-22(8-6-21)16-4-3-14(26(2,24)25)9-15(16)20-19-13(10-17)11-18/h3-4,9,20H,5-8H2,1-2H3. The summed E-state index contributed by atoms with van der Waals surface area (Å²) in [5.41, 5.74) is 3.29. The van der Waals surface area contributed by atoms with Crippen molar-refractivity contribution in [1.29, 1.82) is 10.5 Å². The molecule has 1 aromatic rings. The van der Waals surface area contributed by atoms with Crippen LogP contribution in [0.2, 0.25) is 0 Å². The molecule has 9 nitrogen and oxygen atoms in total. The average Bonchev–Trinajstić information content (AvgIpc) is 2.61. The summed E-state index contributed by atoms with van der Waals surface area (Å²) in [4.78, 5) is 15.3. The van der Waals surface area contributed by atoms with Crippen molar-refractivity contribution in [2.45, 2.75) is 11.8 Å². The molecule has 0 atom stereocenters. The minimum Gasteiger partial charge on any atom is -0.366 e. The Kier molecular flexibility index (Phi) is 5.80. The van der Waals surface area contributed by atoms with E-state index < -0.39 is 9.84 Å². The van der Waals surface area contributed by atoms with Crippen LogP contribution in [0.25, 0.3) is 0 Å². The van der Waals surface area contributed by atoms with Gasteiger partial charge >= 0.3 is 0 Å². The Balaban J connectivity index is 2.36. The van der Waals surface area contributed by atoms with Crippen LogP contribution in [0.15, 0.2) is 28.2 Å². The SMILES string of the molecule is CC(=O)N1CCN(c2ccc(S(C)(=O)=O)cc2NN=C(C#N)C#N)CC1. The van der Waals surface area contributed by atoms with E-state index in [1.807, 2.05) is 4.90 Å². The number of hydrogen-bond donors (Lipinski definition) is 1. The van der Waals surface area contributed by atoms with Crippen LogP contribution in [0.1, 0.15) is 6.92 Å². The highest BCUT2D eigenvalue weighted by Crippen LogP contribution is 2.30. The van der Waals surface area contributed by atoms with Crippen LogP contribution in [0.4, 0.5) is 11.4 Å². The molecule has 2 rings (SSSR count). The smallest absolute Gasteiger partial charge is 0.237 e. The predicted octanol–water partition coefficient (Wildman–Crippen LogP) is 0.574. The summed E-state index contributed by atoms with van der Waals surface area (Å²) >= 11 is 0. The van der Waals surface area contributed by atoms with Crippen LogP contribution in [-0.4, -0.2) is 57.4 Å². The highest BCUT2D eigenvalue weighted by molar-refractivity contribution is 7.90. The first-order valence-corrected chi connectivity index (χ1v) is 9.64. The molecule has 0 unspecified atom stereocenters. The first-order chi connectivity index (χ1) is 12.3. The van der Waals surface area contributed by atoms with E-state index >= 15 is 0 Å². The van der Waals surface area contributed by atoms with Crippen LogP contribution in [0.5, 0.6) is 0 Å². The van der Waals surface area contributed by atoms with Crippen LogP contribution in [0, 0.1) is 22.7 Å². The number of anilines is 2. The molecule has 1 saturated heterocycles. The van der Waals surface area contributed by atoms with Gasteiger partial charge in [0, 0.05) is 39.4 Å². The number of hydrazone groups is 1. The molecular formula is C16H18N6O3S. The third-order valence-electron chi connectivity index (χ3n) is 3.96. The summed E-state index contributed by atoms with van der Waals surface area (Å²) in [7, 11) is -3.43. The summed E-state index contributed by atoms with van der Waals surface area (Å²) in [6.07, 6.45) is 1.09. The minimum atomic E-state index is -3.43. The van der Waals surface area contributed by atoms with Crippen molar-refractivity contribution in [2.75, 3.05) is 42.8 Å². The molecule has 1 amide bonds. The topological polar surface area (TPSA) is 130 Å². The summed E-state index contributed by atoms with van der Waals surface area (Å²) in [5, 5.41) is 21.3. The Bertz CT molecular complexity index is 902. The van der Waals surface area contributed by atoms with E-state index in [0.29, 0.717) is 37.6 Å². The number of nitrogens with zero attached hydrogens (tertiary/aromatic N) is 5. The van der Waals surface area contributed by atoms with Gasteiger partial charge < -0.3 is 9.80 Å². The zero-order valence-corrected chi connectivity index (χ0v) is 15.2. The molecule has 1 aliphatic rings. The zero-order valence-electron chi connectivity index (χ0n) is 14.4. The van der Waals surface area contributed by atoms with E-state index in [1.165, 1.54) is 19.1 Å². The molecule has 1 fully saturated rings. The lowest BCUT2D eigenvalue weighted by atomic mass is 10.2. The van der Waals surface area contributed by atoms with Gasteiger partial charge in [-0.3, -0.25) is 10.2 Å². The Morgan fingerprint density at radius 3 is 2.31 bits per heavy atom. The molecule has 10 heteroatoms. The summed E-state index contributed by atoms with van der Waals surface area (Å²) in [5.74, 6) is 0.00713. The van der Waals surface area contributed by atoms with Crippen molar-refractivity contribution in [3.8, 4) is 12.1 Å². The molecule has 0 bridgehead atoms. The van der Waals surface area contributed by atoms with Crippen LogP contribution in [-0.2, 0) is 14.6 Å². The lowest BCUT2D eigenvalue weighted by molar-refractivity contribution is -0.129. The molecule has 1 heterocycles. The van der Waals surface area contributed by atoms with E-state index in [4.69, 9.17) is 10.5 Å². The molecular weight excluding hydrogens is 356 g/mol. The number of carbonyl (C=O) groups excluding carboxylic acids is 1. The number of piperazine rings is 1. The van der Waals surface area contributed by atoms with Crippen molar-refractivity contribution in [1.82, 2.24) is 4.90 Å². The second-order valence-electron chi connectivity index (χ2n) is 5.74. The molecule has 26 heavy (non-hydrogen) atoms. The fourth-order valence-corrected chi connectivity index (χ4v) is 3.21.